The Bertz CT molecular complexity index is 1070. The Morgan fingerprint density at radius 3 is 2.20 bits per heavy atom. The fourth-order valence-corrected chi connectivity index (χ4v) is 3.90. The zero-order valence-corrected chi connectivity index (χ0v) is 17.0. The lowest BCUT2D eigenvalue weighted by Gasteiger charge is -2.26. The van der Waals surface area contributed by atoms with Gasteiger partial charge in [-0.1, -0.05) is 50.8 Å². The van der Waals surface area contributed by atoms with Crippen LogP contribution in [0, 0.1) is 0 Å². The Kier molecular flexibility index (Phi) is 6.19. The highest BCUT2D eigenvalue weighted by atomic mass is 32.2. The molecule has 1 heterocycles. The van der Waals surface area contributed by atoms with Crippen LogP contribution in [0.3, 0.4) is 0 Å². The van der Waals surface area contributed by atoms with Crippen LogP contribution in [-0.4, -0.2) is 30.8 Å². The molecule has 2 amide bonds. The molecule has 0 bridgehead atoms. The molecule has 0 radical (unpaired) electrons. The topological polar surface area (TPSA) is 80.8 Å². The molecule has 2 aromatic rings. The number of benzene rings is 2. The summed E-state index contributed by atoms with van der Waals surface area (Å²) in [5.41, 5.74) is -5.05. The number of aryl methyl sites for hydroxylation is 1. The number of rotatable bonds is 8. The number of halogens is 3. The van der Waals surface area contributed by atoms with Gasteiger partial charge in [-0.05, 0) is 35.9 Å². The summed E-state index contributed by atoms with van der Waals surface area (Å²) in [6.45, 7) is 2.12. The second-order valence-corrected chi connectivity index (χ2v) is 8.56. The largest absolute Gasteiger partial charge is 0.525 e. The number of amides is 2. The van der Waals surface area contributed by atoms with Crippen LogP contribution in [0.15, 0.2) is 30.3 Å². The van der Waals surface area contributed by atoms with E-state index in [0.29, 0.717) is 10.8 Å². The number of hydrogen-bond donors (Lipinski definition) is 0. The average molecular weight is 443 g/mol. The molecule has 0 saturated heterocycles. The summed E-state index contributed by atoms with van der Waals surface area (Å²) >= 11 is 0. The average Bonchev–Trinajstić information content (AvgIpc) is 2.68. The van der Waals surface area contributed by atoms with Crippen LogP contribution in [0.25, 0.3) is 10.8 Å². The van der Waals surface area contributed by atoms with Gasteiger partial charge in [0, 0.05) is 5.39 Å². The Hall–Kier alpha value is -2.46. The lowest BCUT2D eigenvalue weighted by Crippen LogP contribution is -2.44. The third kappa shape index (κ3) is 4.06. The molecule has 0 unspecified atom stereocenters. The number of carbonyl (C=O) groups excluding carboxylic acids is 2. The van der Waals surface area contributed by atoms with Gasteiger partial charge in [0.05, 0.1) is 11.1 Å². The first kappa shape index (κ1) is 22.2. The smallest absolute Gasteiger partial charge is 0.266 e. The monoisotopic (exact) mass is 443 g/mol. The highest BCUT2D eigenvalue weighted by molar-refractivity contribution is 7.87. The summed E-state index contributed by atoms with van der Waals surface area (Å²) in [4.78, 5) is 25.2. The highest BCUT2D eigenvalue weighted by Crippen LogP contribution is 2.35. The lowest BCUT2D eigenvalue weighted by molar-refractivity contribution is -0.0761. The normalized spacial score (nSPS) is 14.6. The predicted molar refractivity (Wildman–Crippen MR) is 103 cm³/mol. The summed E-state index contributed by atoms with van der Waals surface area (Å²) in [7, 11) is -6.18. The van der Waals surface area contributed by atoms with Crippen LogP contribution in [0.5, 0.6) is 0 Å². The molecular weight excluding hydrogens is 423 g/mol. The van der Waals surface area contributed by atoms with E-state index in [9.17, 15) is 31.2 Å². The molecule has 0 saturated carbocycles. The van der Waals surface area contributed by atoms with Gasteiger partial charge in [0.25, 0.3) is 11.8 Å². The maximum Gasteiger partial charge on any atom is 0.525 e. The summed E-state index contributed by atoms with van der Waals surface area (Å²) in [6, 6.07) is 7.64. The molecule has 3 rings (SSSR count). The van der Waals surface area contributed by atoms with Crippen LogP contribution >= 0.6 is 0 Å². The Labute approximate surface area is 171 Å². The molecule has 0 fully saturated rings. The highest BCUT2D eigenvalue weighted by Gasteiger charge is 2.51. The predicted octanol–water partition coefficient (Wildman–Crippen LogP) is 4.73. The van der Waals surface area contributed by atoms with Crippen molar-refractivity contribution in [1.82, 2.24) is 5.06 Å². The maximum atomic E-state index is 12.7. The second-order valence-electron chi connectivity index (χ2n) is 7.04. The Morgan fingerprint density at radius 1 is 0.933 bits per heavy atom. The van der Waals surface area contributed by atoms with Crippen LogP contribution in [-0.2, 0) is 20.8 Å². The summed E-state index contributed by atoms with van der Waals surface area (Å²) in [5, 5.41) is 0.591. The van der Waals surface area contributed by atoms with Crippen molar-refractivity contribution in [2.75, 3.05) is 0 Å². The number of imide groups is 1. The van der Waals surface area contributed by atoms with Gasteiger partial charge in [-0.25, -0.2) is 0 Å². The van der Waals surface area contributed by atoms with E-state index in [1.54, 1.807) is 12.1 Å². The van der Waals surface area contributed by atoms with Gasteiger partial charge in [0.15, 0.2) is 0 Å². The molecule has 2 aromatic carbocycles. The Balaban J connectivity index is 1.96. The van der Waals surface area contributed by atoms with E-state index in [4.69, 9.17) is 0 Å². The molecule has 30 heavy (non-hydrogen) atoms. The molecule has 0 aromatic heterocycles. The van der Waals surface area contributed by atoms with Gasteiger partial charge in [-0.15, -0.1) is 9.35 Å². The SMILES string of the molecule is CCCCCCCc1ccc2c3c(cccc13)C(=O)N(OS(=O)(=O)C(F)(F)F)C2=O. The minimum Gasteiger partial charge on any atom is -0.266 e. The first-order valence-corrected chi connectivity index (χ1v) is 10.9. The van der Waals surface area contributed by atoms with Crippen LogP contribution in [0.4, 0.5) is 13.2 Å². The summed E-state index contributed by atoms with van der Waals surface area (Å²) in [6.07, 6.45) is 6.03. The summed E-state index contributed by atoms with van der Waals surface area (Å²) in [5.74, 6) is -2.52. The molecule has 0 atom stereocenters. The Morgan fingerprint density at radius 2 is 1.57 bits per heavy atom. The standard InChI is InChI=1S/C20H20F3NO5S/c1-2-3-4-5-6-8-13-11-12-16-17-14(13)9-7-10-15(17)18(25)24(19(16)26)29-30(27,28)20(21,22)23/h7,9-12H,2-6,8H2,1H3. The molecule has 0 N–H and O–H groups in total. The minimum atomic E-state index is -6.18. The molecule has 0 spiro atoms. The van der Waals surface area contributed by atoms with E-state index < -0.39 is 27.4 Å². The van der Waals surface area contributed by atoms with Crippen molar-refractivity contribution >= 4 is 32.7 Å². The first-order chi connectivity index (χ1) is 14.1. The zero-order valence-electron chi connectivity index (χ0n) is 16.2. The van der Waals surface area contributed by atoms with E-state index in [1.807, 2.05) is 0 Å². The fourth-order valence-electron chi connectivity index (χ4n) is 3.48. The van der Waals surface area contributed by atoms with Gasteiger partial charge >= 0.3 is 15.6 Å². The van der Waals surface area contributed by atoms with Crippen molar-refractivity contribution in [2.45, 2.75) is 51.0 Å². The first-order valence-electron chi connectivity index (χ1n) is 9.52. The van der Waals surface area contributed by atoms with Crippen LogP contribution < -0.4 is 0 Å². The van der Waals surface area contributed by atoms with E-state index >= 15 is 0 Å². The summed E-state index contributed by atoms with van der Waals surface area (Å²) < 4.78 is 64.5. The molecule has 1 aliphatic heterocycles. The number of hydrogen-bond acceptors (Lipinski definition) is 5. The zero-order chi connectivity index (χ0) is 22.1. The van der Waals surface area contributed by atoms with Crippen molar-refractivity contribution in [1.29, 1.82) is 0 Å². The van der Waals surface area contributed by atoms with Crippen molar-refractivity contribution in [3.63, 3.8) is 0 Å². The van der Waals surface area contributed by atoms with Crippen molar-refractivity contribution < 1.29 is 35.5 Å². The third-order valence-corrected chi connectivity index (χ3v) is 5.88. The van der Waals surface area contributed by atoms with Crippen LogP contribution in [0.2, 0.25) is 0 Å². The number of nitrogens with zero attached hydrogens (tertiary/aromatic N) is 1. The van der Waals surface area contributed by atoms with E-state index in [0.717, 1.165) is 44.1 Å². The van der Waals surface area contributed by atoms with Gasteiger partial charge in [0.2, 0.25) is 0 Å². The molecule has 1 aliphatic rings. The number of unbranched alkanes of at least 4 members (excludes halogenated alkanes) is 4. The van der Waals surface area contributed by atoms with Gasteiger partial charge in [0.1, 0.15) is 0 Å². The number of carbonyl (C=O) groups is 2. The van der Waals surface area contributed by atoms with Crippen molar-refractivity contribution in [3.8, 4) is 0 Å². The van der Waals surface area contributed by atoms with E-state index in [2.05, 4.69) is 11.2 Å². The number of hydroxylamine groups is 2. The quantitative estimate of drug-likeness (QED) is 0.335. The van der Waals surface area contributed by atoms with Crippen LogP contribution in [0.1, 0.15) is 65.3 Å². The molecule has 0 aliphatic carbocycles. The fraction of sp³-hybridized carbons (Fsp3) is 0.400. The third-order valence-electron chi connectivity index (χ3n) is 4.97. The van der Waals surface area contributed by atoms with Crippen molar-refractivity contribution in [3.05, 3.63) is 47.0 Å². The molecule has 162 valence electrons. The maximum absolute atomic E-state index is 12.7. The second kappa shape index (κ2) is 8.35. The lowest BCUT2D eigenvalue weighted by atomic mass is 9.90. The van der Waals surface area contributed by atoms with Gasteiger partial charge in [-0.2, -0.15) is 21.6 Å². The van der Waals surface area contributed by atoms with Gasteiger partial charge < -0.3 is 0 Å². The van der Waals surface area contributed by atoms with Gasteiger partial charge in [-0.3, -0.25) is 9.59 Å². The molecule has 6 nitrogen and oxygen atoms in total. The minimum absolute atomic E-state index is 0.0905. The molecule has 10 heteroatoms. The van der Waals surface area contributed by atoms with E-state index in [-0.39, 0.29) is 16.2 Å². The number of alkyl halides is 3. The van der Waals surface area contributed by atoms with Crippen molar-refractivity contribution in [2.24, 2.45) is 0 Å². The van der Waals surface area contributed by atoms with E-state index in [1.165, 1.54) is 18.2 Å². The molecular formula is C20H20F3NO5S.